The molecule has 8 aromatic carbocycles. The average molecular weight is 671 g/mol. The van der Waals surface area contributed by atoms with E-state index in [1.54, 1.807) is 0 Å². The molecule has 0 aliphatic heterocycles. The molecule has 0 spiro atoms. The van der Waals surface area contributed by atoms with Gasteiger partial charge in [0.1, 0.15) is 11.0 Å². The lowest BCUT2D eigenvalue weighted by Gasteiger charge is -2.26. The van der Waals surface area contributed by atoms with Crippen molar-refractivity contribution in [1.29, 1.82) is 0 Å². The van der Waals surface area contributed by atoms with Crippen molar-refractivity contribution in [3.8, 4) is 34.0 Å². The van der Waals surface area contributed by atoms with Crippen molar-refractivity contribution in [3.05, 3.63) is 175 Å². The predicted octanol–water partition coefficient (Wildman–Crippen LogP) is 13.1. The van der Waals surface area contributed by atoms with Crippen LogP contribution in [-0.2, 0) is 0 Å². The molecule has 5 heteroatoms. The third-order valence-corrected chi connectivity index (χ3v) is 9.73. The number of rotatable bonds is 6. The van der Waals surface area contributed by atoms with Gasteiger partial charge in [-0.15, -0.1) is 0 Å². The molecule has 0 unspecified atom stereocenters. The largest absolute Gasteiger partial charge is 0.436 e. The van der Waals surface area contributed by atoms with Gasteiger partial charge in [-0.3, -0.25) is 0 Å². The third-order valence-electron chi connectivity index (χ3n) is 9.73. The molecule has 0 radical (unpaired) electrons. The van der Waals surface area contributed by atoms with Gasteiger partial charge in [-0.25, -0.2) is 9.97 Å². The quantitative estimate of drug-likeness (QED) is 0.176. The Balaban J connectivity index is 1.06. The fraction of sp³-hybridized carbons (Fsp3) is 0.0213. The van der Waals surface area contributed by atoms with Crippen LogP contribution in [0.5, 0.6) is 0 Å². The van der Waals surface area contributed by atoms with Crippen LogP contribution in [0.25, 0.3) is 77.8 Å². The highest BCUT2D eigenvalue weighted by Gasteiger charge is 2.17. The molecule has 0 amide bonds. The summed E-state index contributed by atoms with van der Waals surface area (Å²) in [7, 11) is 0. The summed E-state index contributed by atoms with van der Waals surface area (Å²) in [5.74, 6) is 1.16. The zero-order chi connectivity index (χ0) is 35.5. The Morgan fingerprint density at radius 3 is 1.58 bits per heavy atom. The lowest BCUT2D eigenvalue weighted by atomic mass is 9.94. The second-order valence-electron chi connectivity index (χ2n) is 13.1. The van der Waals surface area contributed by atoms with E-state index >= 15 is 0 Å². The highest BCUT2D eigenvalue weighted by Crippen LogP contribution is 2.39. The van der Waals surface area contributed by atoms with Crippen LogP contribution >= 0.6 is 0 Å². The number of aryl methyl sites for hydroxylation is 1. The fourth-order valence-corrected chi connectivity index (χ4v) is 7.06. The number of oxazole rings is 2. The molecule has 10 aromatic rings. The van der Waals surface area contributed by atoms with Crippen molar-refractivity contribution < 1.29 is 10.2 Å². The number of nitrogens with zero attached hydrogens (tertiary/aromatic N) is 3. The van der Waals surface area contributed by atoms with Gasteiger partial charge < -0.3 is 13.7 Å². The summed E-state index contributed by atoms with van der Waals surface area (Å²) < 4.78 is 21.4. The number of fused-ring (bicyclic) bond motifs is 4. The molecule has 2 aromatic heterocycles. The predicted molar refractivity (Wildman–Crippen MR) is 212 cm³/mol. The van der Waals surface area contributed by atoms with Crippen LogP contribution in [0.2, 0.25) is 0 Å². The minimum atomic E-state index is 0.476. The Bertz CT molecular complexity index is 2800. The Morgan fingerprint density at radius 1 is 0.462 bits per heavy atom. The summed E-state index contributed by atoms with van der Waals surface area (Å²) in [5, 5.41) is 4.30. The molecule has 5 nitrogen and oxygen atoms in total. The van der Waals surface area contributed by atoms with Crippen LogP contribution in [0, 0.1) is 6.92 Å². The van der Waals surface area contributed by atoms with Gasteiger partial charge in [-0.1, -0.05) is 72.8 Å². The van der Waals surface area contributed by atoms with E-state index in [-0.39, 0.29) is 0 Å². The molecular formula is C47H31N3O2. The van der Waals surface area contributed by atoms with Crippen molar-refractivity contribution in [2.24, 2.45) is 0 Å². The molecule has 0 saturated heterocycles. The van der Waals surface area contributed by atoms with E-state index in [0.29, 0.717) is 17.8 Å². The van der Waals surface area contributed by atoms with Crippen molar-refractivity contribution in [1.82, 2.24) is 9.97 Å². The fourth-order valence-electron chi connectivity index (χ4n) is 7.06. The first-order valence-corrected chi connectivity index (χ1v) is 17.3. The molecule has 0 aliphatic rings. The summed E-state index contributed by atoms with van der Waals surface area (Å²) in [4.78, 5) is 11.6. The highest BCUT2D eigenvalue weighted by atomic mass is 16.4. The first-order chi connectivity index (χ1) is 26.0. The topological polar surface area (TPSA) is 55.3 Å². The van der Waals surface area contributed by atoms with Crippen molar-refractivity contribution in [2.75, 3.05) is 4.90 Å². The van der Waals surface area contributed by atoms with Crippen LogP contribution in [-0.4, -0.2) is 9.97 Å². The Hall–Kier alpha value is -6.98. The minimum absolute atomic E-state index is 0.476. The number of benzene rings is 8. The van der Waals surface area contributed by atoms with Gasteiger partial charge in [-0.2, -0.15) is 0 Å². The summed E-state index contributed by atoms with van der Waals surface area (Å²) in [6.45, 7) is 2.14. The summed E-state index contributed by atoms with van der Waals surface area (Å²) in [6, 6.07) is 55.9. The molecule has 0 fully saturated rings. The Labute approximate surface area is 301 Å². The van der Waals surface area contributed by atoms with Gasteiger partial charge in [0.25, 0.3) is 0 Å². The van der Waals surface area contributed by atoms with Gasteiger partial charge in [0.05, 0.1) is 1.37 Å². The molecule has 10 rings (SSSR count). The van der Waals surface area contributed by atoms with Crippen LogP contribution in [0.1, 0.15) is 6.93 Å². The van der Waals surface area contributed by atoms with Crippen molar-refractivity contribution in [3.63, 3.8) is 0 Å². The van der Waals surface area contributed by atoms with Gasteiger partial charge in [0.15, 0.2) is 11.2 Å². The van der Waals surface area contributed by atoms with E-state index in [4.69, 9.17) is 18.8 Å². The zero-order valence-corrected chi connectivity index (χ0v) is 28.2. The molecule has 0 N–H and O–H groups in total. The second-order valence-corrected chi connectivity index (χ2v) is 13.1. The second kappa shape index (κ2) is 12.1. The molecular weight excluding hydrogens is 639 g/mol. The normalized spacial score (nSPS) is 11.8. The molecule has 2 heterocycles. The number of hydrogen-bond donors (Lipinski definition) is 0. The van der Waals surface area contributed by atoms with E-state index in [0.717, 1.165) is 72.3 Å². The van der Waals surface area contributed by atoms with E-state index in [2.05, 4.69) is 96.8 Å². The Kier molecular flexibility index (Phi) is 6.71. The maximum atomic E-state index is 9.22. The third kappa shape index (κ3) is 5.27. The molecule has 0 bridgehead atoms. The lowest BCUT2D eigenvalue weighted by Crippen LogP contribution is -2.09. The highest BCUT2D eigenvalue weighted by molar-refractivity contribution is 5.95. The van der Waals surface area contributed by atoms with E-state index in [1.807, 2.05) is 78.9 Å². The number of para-hydroxylation sites is 4. The van der Waals surface area contributed by atoms with Gasteiger partial charge >= 0.3 is 0 Å². The minimum Gasteiger partial charge on any atom is -0.436 e. The van der Waals surface area contributed by atoms with Gasteiger partial charge in [0.2, 0.25) is 11.8 Å². The molecule has 52 heavy (non-hydrogen) atoms. The molecule has 0 aliphatic carbocycles. The van der Waals surface area contributed by atoms with Crippen LogP contribution < -0.4 is 4.90 Å². The number of hydrogen-bond acceptors (Lipinski definition) is 5. The van der Waals surface area contributed by atoms with Crippen molar-refractivity contribution in [2.45, 2.75) is 6.92 Å². The van der Waals surface area contributed by atoms with Crippen LogP contribution in [0.3, 0.4) is 0 Å². The van der Waals surface area contributed by atoms with E-state index in [9.17, 15) is 1.37 Å². The first-order valence-electron chi connectivity index (χ1n) is 17.8. The smallest absolute Gasteiger partial charge is 0.227 e. The molecule has 0 atom stereocenters. The van der Waals surface area contributed by atoms with Crippen LogP contribution in [0.4, 0.5) is 17.1 Å². The maximum absolute atomic E-state index is 9.22. The monoisotopic (exact) mass is 670 g/mol. The first kappa shape index (κ1) is 28.8. The van der Waals surface area contributed by atoms with E-state index in [1.165, 1.54) is 16.3 Å². The van der Waals surface area contributed by atoms with E-state index < -0.39 is 0 Å². The number of aromatic nitrogens is 2. The molecule has 246 valence electrons. The standard InChI is InChI=1S/C47H31N3O2/c1-30-26-33-8-2-3-9-34(33)29-41(30)37-15-14-36-28-40(25-20-35(36)27-37)50(38-21-16-31(17-22-38)46-48-42-10-4-6-12-44(42)51-46)39-23-18-32(19-24-39)47-49-43-11-5-7-13-45(43)52-47/h2-29H,1H3/i14D. The van der Waals surface area contributed by atoms with Crippen molar-refractivity contribution >= 4 is 60.8 Å². The summed E-state index contributed by atoms with van der Waals surface area (Å²) in [5.41, 5.74) is 11.2. The average Bonchev–Trinajstić information content (AvgIpc) is 3.84. The SMILES string of the molecule is [2H]c1cc(-c2cc3ccccc3cc2C)cc2ccc(N(c3ccc(-c4nc5ccccc5o4)cc3)c3ccc(-c4nc5ccccc5o4)cc3)cc12. The summed E-state index contributed by atoms with van der Waals surface area (Å²) >= 11 is 0. The summed E-state index contributed by atoms with van der Waals surface area (Å²) in [6.07, 6.45) is 0. The Morgan fingerprint density at radius 2 is 0.981 bits per heavy atom. The zero-order valence-electron chi connectivity index (χ0n) is 29.2. The molecule has 0 saturated carbocycles. The van der Waals surface area contributed by atoms with Gasteiger partial charge in [-0.05, 0) is 142 Å². The van der Waals surface area contributed by atoms with Crippen LogP contribution in [0.15, 0.2) is 179 Å². The lowest BCUT2D eigenvalue weighted by molar-refractivity contribution is 0.619. The maximum Gasteiger partial charge on any atom is 0.227 e. The van der Waals surface area contributed by atoms with Gasteiger partial charge in [0, 0.05) is 28.2 Å². The number of anilines is 3.